The molecular weight excluding hydrogens is 384 g/mol. The highest BCUT2D eigenvalue weighted by atomic mass is 16.5. The standard InChI is InChI=1S/C22H18N4O4/c1-13-10-15(17-4-2-3-5-18(17)24-13)12-30-16-8-6-14(7-9-16)20(27)25-19-11-23-22(29)26-21(19)28/h2-11H,12H2,1H3,(H,25,27)(H2,23,26,28,29). The number of anilines is 1. The van der Waals surface area contributed by atoms with Crippen molar-refractivity contribution in [2.24, 2.45) is 0 Å². The van der Waals surface area contributed by atoms with E-state index in [1.54, 1.807) is 24.3 Å². The predicted octanol–water partition coefficient (Wildman–Crippen LogP) is 2.75. The lowest BCUT2D eigenvalue weighted by molar-refractivity contribution is 0.102. The molecule has 3 N–H and O–H groups in total. The number of carbonyl (C=O) groups excluding carboxylic acids is 1. The summed E-state index contributed by atoms with van der Waals surface area (Å²) in [5.74, 6) is 0.127. The average Bonchev–Trinajstić information content (AvgIpc) is 2.74. The smallest absolute Gasteiger partial charge is 0.325 e. The Morgan fingerprint density at radius 2 is 1.87 bits per heavy atom. The highest BCUT2D eigenvalue weighted by molar-refractivity contribution is 6.04. The molecule has 0 atom stereocenters. The Morgan fingerprint density at radius 3 is 2.63 bits per heavy atom. The zero-order chi connectivity index (χ0) is 21.1. The van der Waals surface area contributed by atoms with Crippen molar-refractivity contribution in [1.82, 2.24) is 15.0 Å². The van der Waals surface area contributed by atoms with Crippen molar-refractivity contribution in [3.8, 4) is 5.75 Å². The lowest BCUT2D eigenvalue weighted by Crippen LogP contribution is -2.26. The van der Waals surface area contributed by atoms with Crippen molar-refractivity contribution in [2.75, 3.05) is 5.32 Å². The van der Waals surface area contributed by atoms with E-state index < -0.39 is 17.2 Å². The molecule has 1 amide bonds. The largest absolute Gasteiger partial charge is 0.489 e. The van der Waals surface area contributed by atoms with Gasteiger partial charge in [0.05, 0.1) is 5.52 Å². The van der Waals surface area contributed by atoms with Gasteiger partial charge in [0.25, 0.3) is 11.5 Å². The van der Waals surface area contributed by atoms with Crippen molar-refractivity contribution in [3.63, 3.8) is 0 Å². The number of rotatable bonds is 5. The topological polar surface area (TPSA) is 117 Å². The Morgan fingerprint density at radius 1 is 1.10 bits per heavy atom. The quantitative estimate of drug-likeness (QED) is 0.475. The second-order valence-electron chi connectivity index (χ2n) is 6.69. The number of para-hydroxylation sites is 1. The summed E-state index contributed by atoms with van der Waals surface area (Å²) in [5, 5.41) is 3.49. The van der Waals surface area contributed by atoms with E-state index in [0.29, 0.717) is 17.9 Å². The van der Waals surface area contributed by atoms with Gasteiger partial charge in [0, 0.05) is 28.4 Å². The molecular formula is C22H18N4O4. The second kappa shape index (κ2) is 8.04. The molecule has 0 saturated carbocycles. The van der Waals surface area contributed by atoms with Gasteiger partial charge in [-0.2, -0.15) is 0 Å². The minimum atomic E-state index is -0.674. The number of pyridine rings is 1. The van der Waals surface area contributed by atoms with Crippen LogP contribution in [0.25, 0.3) is 10.9 Å². The third-order valence-corrected chi connectivity index (χ3v) is 4.51. The fourth-order valence-electron chi connectivity index (χ4n) is 3.08. The minimum absolute atomic E-state index is 0.0418. The molecule has 2 heterocycles. The molecule has 2 aromatic heterocycles. The normalized spacial score (nSPS) is 10.7. The Bertz CT molecular complexity index is 1340. The molecule has 0 unspecified atom stereocenters. The number of amides is 1. The first-order valence-electron chi connectivity index (χ1n) is 9.21. The fraction of sp³-hybridized carbons (Fsp3) is 0.0909. The van der Waals surface area contributed by atoms with Gasteiger partial charge in [0.2, 0.25) is 0 Å². The molecule has 4 rings (SSSR count). The van der Waals surface area contributed by atoms with Crippen molar-refractivity contribution >= 4 is 22.5 Å². The summed E-state index contributed by atoms with van der Waals surface area (Å²) in [6, 6.07) is 16.4. The molecule has 8 nitrogen and oxygen atoms in total. The zero-order valence-corrected chi connectivity index (χ0v) is 16.1. The van der Waals surface area contributed by atoms with Crippen LogP contribution in [0.1, 0.15) is 21.6 Å². The summed E-state index contributed by atoms with van der Waals surface area (Å²) < 4.78 is 5.89. The van der Waals surface area contributed by atoms with Crippen molar-refractivity contribution in [1.29, 1.82) is 0 Å². The number of carbonyl (C=O) groups is 1. The van der Waals surface area contributed by atoms with Crippen LogP contribution in [-0.2, 0) is 6.61 Å². The zero-order valence-electron chi connectivity index (χ0n) is 16.1. The van der Waals surface area contributed by atoms with Gasteiger partial charge in [0.1, 0.15) is 18.0 Å². The molecule has 0 saturated heterocycles. The summed E-state index contributed by atoms with van der Waals surface area (Å²) in [6.07, 6.45) is 1.15. The monoisotopic (exact) mass is 402 g/mol. The van der Waals surface area contributed by atoms with Crippen LogP contribution >= 0.6 is 0 Å². The van der Waals surface area contributed by atoms with Crippen LogP contribution in [-0.4, -0.2) is 20.9 Å². The number of fused-ring (bicyclic) bond motifs is 1. The van der Waals surface area contributed by atoms with Gasteiger partial charge >= 0.3 is 5.69 Å². The predicted molar refractivity (Wildman–Crippen MR) is 113 cm³/mol. The minimum Gasteiger partial charge on any atom is -0.489 e. The maximum Gasteiger partial charge on any atom is 0.325 e. The number of H-pyrrole nitrogens is 2. The molecule has 30 heavy (non-hydrogen) atoms. The number of benzene rings is 2. The molecule has 0 fully saturated rings. The molecule has 8 heteroatoms. The molecule has 0 spiro atoms. The molecule has 150 valence electrons. The maximum absolute atomic E-state index is 12.3. The van der Waals surface area contributed by atoms with E-state index in [1.165, 1.54) is 0 Å². The number of nitrogens with one attached hydrogen (secondary N) is 3. The van der Waals surface area contributed by atoms with Gasteiger partial charge in [0.15, 0.2) is 0 Å². The number of hydrogen-bond acceptors (Lipinski definition) is 5. The molecule has 2 aromatic carbocycles. The Balaban J connectivity index is 1.46. The van der Waals surface area contributed by atoms with E-state index in [9.17, 15) is 14.4 Å². The molecule has 0 aliphatic carbocycles. The maximum atomic E-state index is 12.3. The summed E-state index contributed by atoms with van der Waals surface area (Å²) in [6.45, 7) is 2.30. The van der Waals surface area contributed by atoms with E-state index >= 15 is 0 Å². The summed E-state index contributed by atoms with van der Waals surface area (Å²) in [4.78, 5) is 43.9. The van der Waals surface area contributed by atoms with Gasteiger partial charge in [-0.1, -0.05) is 18.2 Å². The van der Waals surface area contributed by atoms with Crippen LogP contribution in [0.5, 0.6) is 5.75 Å². The van der Waals surface area contributed by atoms with E-state index in [0.717, 1.165) is 28.4 Å². The summed E-state index contributed by atoms with van der Waals surface area (Å²) in [7, 11) is 0. The number of ether oxygens (including phenoxy) is 1. The number of aromatic amines is 2. The van der Waals surface area contributed by atoms with Crippen LogP contribution in [0, 0.1) is 6.92 Å². The Labute approximate surface area is 170 Å². The SMILES string of the molecule is Cc1cc(COc2ccc(C(=O)Nc3c[nH]c(=O)[nH]c3=O)cc2)c2ccccc2n1. The van der Waals surface area contributed by atoms with Crippen molar-refractivity contribution < 1.29 is 9.53 Å². The average molecular weight is 402 g/mol. The Kier molecular flexibility index (Phi) is 5.13. The van der Waals surface area contributed by atoms with Crippen LogP contribution < -0.4 is 21.3 Å². The van der Waals surface area contributed by atoms with Crippen LogP contribution in [0.15, 0.2) is 70.4 Å². The number of nitrogens with zero attached hydrogens (tertiary/aromatic N) is 1. The number of aryl methyl sites for hydroxylation is 1. The van der Waals surface area contributed by atoms with Gasteiger partial charge in [-0.05, 0) is 43.3 Å². The first-order valence-corrected chi connectivity index (χ1v) is 9.21. The molecule has 0 aliphatic rings. The first kappa shape index (κ1) is 19.1. The second-order valence-corrected chi connectivity index (χ2v) is 6.69. The lowest BCUT2D eigenvalue weighted by atomic mass is 10.1. The molecule has 0 radical (unpaired) electrons. The lowest BCUT2D eigenvalue weighted by Gasteiger charge is -2.10. The van der Waals surface area contributed by atoms with Crippen LogP contribution in [0.4, 0.5) is 5.69 Å². The molecule has 0 bridgehead atoms. The highest BCUT2D eigenvalue weighted by Gasteiger charge is 2.10. The van der Waals surface area contributed by atoms with Gasteiger partial charge < -0.3 is 15.0 Å². The number of aromatic nitrogens is 3. The van der Waals surface area contributed by atoms with Gasteiger partial charge in [-0.15, -0.1) is 0 Å². The van der Waals surface area contributed by atoms with E-state index in [4.69, 9.17) is 4.74 Å². The van der Waals surface area contributed by atoms with E-state index in [1.807, 2.05) is 42.2 Å². The van der Waals surface area contributed by atoms with Gasteiger partial charge in [-0.25, -0.2) is 4.79 Å². The van der Waals surface area contributed by atoms with Crippen LogP contribution in [0.3, 0.4) is 0 Å². The van der Waals surface area contributed by atoms with E-state index in [2.05, 4.69) is 15.3 Å². The van der Waals surface area contributed by atoms with Crippen LogP contribution in [0.2, 0.25) is 0 Å². The van der Waals surface area contributed by atoms with Crippen molar-refractivity contribution in [2.45, 2.75) is 13.5 Å². The molecule has 4 aromatic rings. The third-order valence-electron chi connectivity index (χ3n) is 4.51. The van der Waals surface area contributed by atoms with Crippen molar-refractivity contribution in [3.05, 3.63) is 98.5 Å². The van der Waals surface area contributed by atoms with Gasteiger partial charge in [-0.3, -0.25) is 19.6 Å². The van der Waals surface area contributed by atoms with E-state index in [-0.39, 0.29) is 5.69 Å². The molecule has 0 aliphatic heterocycles. The number of hydrogen-bond donors (Lipinski definition) is 3. The summed E-state index contributed by atoms with van der Waals surface area (Å²) >= 11 is 0. The Hall–Kier alpha value is -4.20. The summed E-state index contributed by atoms with van der Waals surface area (Å²) in [5.41, 5.74) is 1.84. The first-order chi connectivity index (χ1) is 14.5. The third kappa shape index (κ3) is 4.12. The highest BCUT2D eigenvalue weighted by Crippen LogP contribution is 2.21. The fourth-order valence-corrected chi connectivity index (χ4v) is 3.08.